The molecule has 1 rings (SSSR count). The smallest absolute Gasteiger partial charge is 0.200 e. The van der Waals surface area contributed by atoms with Crippen molar-refractivity contribution in [2.75, 3.05) is 6.61 Å². The number of halogens is 1. The quantitative estimate of drug-likeness (QED) is 0.756. The number of rotatable bonds is 4. The topological polar surface area (TPSA) is 18.5 Å². The number of benzene rings is 1. The maximum absolute atomic E-state index is 5.75. The molecule has 0 N–H and O–H groups in total. The Morgan fingerprint density at radius 1 is 1.40 bits per heavy atom. The molecule has 0 saturated carbocycles. The minimum atomic E-state index is -0.235. The molecule has 2 nitrogen and oxygen atoms in total. The third-order valence-corrected chi connectivity index (χ3v) is 2.45. The van der Waals surface area contributed by atoms with Gasteiger partial charge in [0.2, 0.25) is 5.05 Å². The molecule has 0 amide bonds. The molecule has 1 atom stereocenters. The Bertz CT molecular complexity index is 324. The lowest BCUT2D eigenvalue weighted by molar-refractivity contribution is 0.230. The van der Waals surface area contributed by atoms with Crippen molar-refractivity contribution in [2.24, 2.45) is 0 Å². The number of hydrogen-bond acceptors (Lipinski definition) is 3. The molecule has 1 unspecified atom stereocenters. The van der Waals surface area contributed by atoms with E-state index in [0.29, 0.717) is 16.7 Å². The number of hydrogen-bond donors (Lipinski definition) is 0. The predicted molar refractivity (Wildman–Crippen MR) is 65.8 cm³/mol. The summed E-state index contributed by atoms with van der Waals surface area (Å²) in [5, 5.41) is 1.15. The van der Waals surface area contributed by atoms with Crippen molar-refractivity contribution in [3.63, 3.8) is 0 Å². The molecular weight excluding hydrogens is 232 g/mol. The van der Waals surface area contributed by atoms with Crippen molar-refractivity contribution in [1.82, 2.24) is 0 Å². The molecule has 0 fully saturated rings. The van der Waals surface area contributed by atoms with Crippen molar-refractivity contribution in [2.45, 2.75) is 20.0 Å². The Hall–Kier alpha value is -0.800. The van der Waals surface area contributed by atoms with Gasteiger partial charge < -0.3 is 9.47 Å². The maximum atomic E-state index is 5.75. The van der Waals surface area contributed by atoms with Gasteiger partial charge in [-0.2, -0.15) is 0 Å². The first-order valence-electron chi connectivity index (χ1n) is 4.72. The lowest BCUT2D eigenvalue weighted by atomic mass is 10.3. The molecule has 1 aromatic rings. The fourth-order valence-electron chi connectivity index (χ4n) is 1.03. The van der Waals surface area contributed by atoms with Gasteiger partial charge in [-0.3, -0.25) is 0 Å². The lowest BCUT2D eigenvalue weighted by Gasteiger charge is -2.15. The van der Waals surface area contributed by atoms with Gasteiger partial charge in [-0.15, -0.1) is 0 Å². The molecule has 82 valence electrons. The average molecular weight is 245 g/mol. The molecule has 0 bridgehead atoms. The fraction of sp³-hybridized carbons (Fsp3) is 0.364. The van der Waals surface area contributed by atoms with E-state index in [0.717, 1.165) is 5.75 Å². The van der Waals surface area contributed by atoms with Crippen LogP contribution in [0.25, 0.3) is 0 Å². The van der Waals surface area contributed by atoms with Crippen LogP contribution in [-0.4, -0.2) is 17.8 Å². The molecule has 1 aromatic carbocycles. The van der Waals surface area contributed by atoms with Crippen LogP contribution in [0.3, 0.4) is 0 Å². The van der Waals surface area contributed by atoms with Crippen LogP contribution in [0.1, 0.15) is 13.8 Å². The van der Waals surface area contributed by atoms with E-state index in [9.17, 15) is 0 Å². The van der Waals surface area contributed by atoms with Crippen LogP contribution >= 0.6 is 23.8 Å². The number of thiocarbonyl (C=S) groups is 1. The van der Waals surface area contributed by atoms with E-state index >= 15 is 0 Å². The van der Waals surface area contributed by atoms with Crippen LogP contribution in [-0.2, 0) is 4.74 Å². The molecule has 0 aliphatic carbocycles. The van der Waals surface area contributed by atoms with Crippen molar-refractivity contribution >= 4 is 28.9 Å². The van der Waals surface area contributed by atoms with Gasteiger partial charge in [0.25, 0.3) is 0 Å². The molecule has 0 aliphatic heterocycles. The van der Waals surface area contributed by atoms with E-state index in [1.54, 1.807) is 24.3 Å². The zero-order chi connectivity index (χ0) is 11.3. The minimum absolute atomic E-state index is 0.235. The standard InChI is InChI=1S/C11H13ClO2S/c1-3-13-11(15)8(2)14-10-6-4-9(12)5-7-10/h4-8H,3H2,1-2H3. The van der Waals surface area contributed by atoms with Crippen LogP contribution in [0.15, 0.2) is 24.3 Å². The SMILES string of the molecule is CCOC(=S)C(C)Oc1ccc(Cl)cc1. The highest BCUT2D eigenvalue weighted by atomic mass is 35.5. The Kier molecular flexibility index (Phi) is 4.85. The van der Waals surface area contributed by atoms with Crippen LogP contribution < -0.4 is 4.74 Å². The summed E-state index contributed by atoms with van der Waals surface area (Å²) in [4.78, 5) is 0. The van der Waals surface area contributed by atoms with Crippen LogP contribution in [0.5, 0.6) is 5.75 Å². The molecule has 0 spiro atoms. The van der Waals surface area contributed by atoms with Crippen LogP contribution in [0.2, 0.25) is 5.02 Å². The second-order valence-corrected chi connectivity index (χ2v) is 3.80. The first-order valence-corrected chi connectivity index (χ1v) is 5.51. The van der Waals surface area contributed by atoms with E-state index in [1.165, 1.54) is 0 Å². The van der Waals surface area contributed by atoms with Crippen molar-refractivity contribution in [3.05, 3.63) is 29.3 Å². The highest BCUT2D eigenvalue weighted by molar-refractivity contribution is 7.80. The van der Waals surface area contributed by atoms with E-state index in [4.69, 9.17) is 33.3 Å². The maximum Gasteiger partial charge on any atom is 0.200 e. The largest absolute Gasteiger partial charge is 0.484 e. The molecule has 0 aromatic heterocycles. The molecule has 4 heteroatoms. The predicted octanol–water partition coefficient (Wildman–Crippen LogP) is 3.47. The summed E-state index contributed by atoms with van der Waals surface area (Å²) in [6, 6.07) is 7.14. The number of ether oxygens (including phenoxy) is 2. The van der Waals surface area contributed by atoms with Gasteiger partial charge in [0.15, 0.2) is 6.10 Å². The van der Waals surface area contributed by atoms with Gasteiger partial charge in [-0.05, 0) is 50.3 Å². The fourth-order valence-corrected chi connectivity index (χ4v) is 1.32. The van der Waals surface area contributed by atoms with E-state index < -0.39 is 0 Å². The van der Waals surface area contributed by atoms with Gasteiger partial charge in [0, 0.05) is 5.02 Å². The normalized spacial score (nSPS) is 11.9. The van der Waals surface area contributed by atoms with Gasteiger partial charge >= 0.3 is 0 Å². The highest BCUT2D eigenvalue weighted by Gasteiger charge is 2.10. The molecule has 0 heterocycles. The summed E-state index contributed by atoms with van der Waals surface area (Å²) < 4.78 is 10.7. The molecular formula is C11H13ClO2S. The zero-order valence-corrected chi connectivity index (χ0v) is 10.3. The lowest BCUT2D eigenvalue weighted by Crippen LogP contribution is -2.24. The van der Waals surface area contributed by atoms with Crippen molar-refractivity contribution in [3.8, 4) is 5.75 Å². The van der Waals surface area contributed by atoms with Crippen molar-refractivity contribution < 1.29 is 9.47 Å². The Labute approximate surface area is 100 Å². The first-order chi connectivity index (χ1) is 7.13. The summed E-state index contributed by atoms with van der Waals surface area (Å²) in [5.74, 6) is 0.731. The Balaban J connectivity index is 2.54. The first kappa shape index (κ1) is 12.3. The van der Waals surface area contributed by atoms with Gasteiger partial charge in [-0.1, -0.05) is 11.6 Å². The van der Waals surface area contributed by atoms with E-state index in [2.05, 4.69) is 0 Å². The third-order valence-electron chi connectivity index (χ3n) is 1.75. The summed E-state index contributed by atoms with van der Waals surface area (Å²) in [5.41, 5.74) is 0. The summed E-state index contributed by atoms with van der Waals surface area (Å²) in [6.45, 7) is 4.31. The van der Waals surface area contributed by atoms with Crippen molar-refractivity contribution in [1.29, 1.82) is 0 Å². The monoisotopic (exact) mass is 244 g/mol. The molecule has 15 heavy (non-hydrogen) atoms. The molecule has 0 aliphatic rings. The average Bonchev–Trinajstić information content (AvgIpc) is 2.22. The summed E-state index contributed by atoms with van der Waals surface area (Å²) >= 11 is 10.8. The molecule has 0 radical (unpaired) electrons. The third kappa shape index (κ3) is 4.06. The minimum Gasteiger partial charge on any atom is -0.484 e. The second kappa shape index (κ2) is 5.93. The van der Waals surface area contributed by atoms with Crippen LogP contribution in [0, 0.1) is 0 Å². The van der Waals surface area contributed by atoms with Gasteiger partial charge in [-0.25, -0.2) is 0 Å². The molecule has 0 saturated heterocycles. The summed E-state index contributed by atoms with van der Waals surface area (Å²) in [6.07, 6.45) is -0.235. The zero-order valence-electron chi connectivity index (χ0n) is 8.70. The van der Waals surface area contributed by atoms with E-state index in [1.807, 2.05) is 13.8 Å². The van der Waals surface area contributed by atoms with E-state index in [-0.39, 0.29) is 6.10 Å². The highest BCUT2D eigenvalue weighted by Crippen LogP contribution is 2.17. The van der Waals surface area contributed by atoms with Gasteiger partial charge in [0.1, 0.15) is 5.75 Å². The Morgan fingerprint density at radius 3 is 2.53 bits per heavy atom. The summed E-state index contributed by atoms with van der Waals surface area (Å²) in [7, 11) is 0. The van der Waals surface area contributed by atoms with Crippen LogP contribution in [0.4, 0.5) is 0 Å². The Morgan fingerprint density at radius 2 is 2.00 bits per heavy atom. The van der Waals surface area contributed by atoms with Gasteiger partial charge in [0.05, 0.1) is 6.61 Å². The second-order valence-electron chi connectivity index (χ2n) is 2.97.